The number of hydrogen-bond acceptors (Lipinski definition) is 3. The zero-order chi connectivity index (χ0) is 15.3. The van der Waals surface area contributed by atoms with Gasteiger partial charge >= 0.3 is 5.97 Å². The molecule has 0 fully saturated rings. The summed E-state index contributed by atoms with van der Waals surface area (Å²) in [6.45, 7) is 7.80. The van der Waals surface area contributed by atoms with Crippen LogP contribution in [-0.2, 0) is 4.79 Å². The van der Waals surface area contributed by atoms with Crippen LogP contribution in [0.5, 0.6) is 0 Å². The SMILES string of the molecule is Cc1c(N[C@H](C)C(C)C)cccc1C(=O)NCC(=O)O. The Labute approximate surface area is 119 Å². The molecule has 0 heterocycles. The average Bonchev–Trinajstić information content (AvgIpc) is 2.38. The molecule has 0 spiro atoms. The molecule has 0 aliphatic heterocycles. The van der Waals surface area contributed by atoms with Crippen LogP contribution >= 0.6 is 0 Å². The lowest BCUT2D eigenvalue weighted by molar-refractivity contribution is -0.135. The third-order valence-electron chi connectivity index (χ3n) is 3.36. The van der Waals surface area contributed by atoms with Gasteiger partial charge < -0.3 is 15.7 Å². The normalized spacial score (nSPS) is 12.1. The molecule has 0 bridgehead atoms. The number of hydrogen-bond donors (Lipinski definition) is 3. The Bertz CT molecular complexity index is 498. The predicted octanol–water partition coefficient (Wildman–Crippen LogP) is 2.27. The molecule has 3 N–H and O–H groups in total. The summed E-state index contributed by atoms with van der Waals surface area (Å²) in [6.07, 6.45) is 0. The largest absolute Gasteiger partial charge is 0.480 e. The molecular weight excluding hydrogens is 256 g/mol. The minimum atomic E-state index is -1.06. The van der Waals surface area contributed by atoms with Crippen molar-refractivity contribution in [2.75, 3.05) is 11.9 Å². The number of rotatable bonds is 6. The number of aliphatic carboxylic acids is 1. The minimum absolute atomic E-state index is 0.283. The second-order valence-electron chi connectivity index (χ2n) is 5.23. The second-order valence-corrected chi connectivity index (χ2v) is 5.23. The van der Waals surface area contributed by atoms with Crippen molar-refractivity contribution in [2.24, 2.45) is 5.92 Å². The molecule has 20 heavy (non-hydrogen) atoms. The molecule has 1 amide bonds. The van der Waals surface area contributed by atoms with E-state index in [1.165, 1.54) is 0 Å². The van der Waals surface area contributed by atoms with E-state index < -0.39 is 5.97 Å². The lowest BCUT2D eigenvalue weighted by Gasteiger charge is -2.21. The summed E-state index contributed by atoms with van der Waals surface area (Å²) in [6, 6.07) is 5.68. The van der Waals surface area contributed by atoms with Crippen LogP contribution in [0, 0.1) is 12.8 Å². The van der Waals surface area contributed by atoms with Gasteiger partial charge in [0.05, 0.1) is 0 Å². The van der Waals surface area contributed by atoms with Crippen LogP contribution in [-0.4, -0.2) is 29.6 Å². The maximum atomic E-state index is 11.9. The zero-order valence-electron chi connectivity index (χ0n) is 12.4. The van der Waals surface area contributed by atoms with Crippen LogP contribution in [0.4, 0.5) is 5.69 Å². The van der Waals surface area contributed by atoms with Crippen LogP contribution in [0.3, 0.4) is 0 Å². The summed E-state index contributed by atoms with van der Waals surface area (Å²) in [5.74, 6) is -0.955. The first-order chi connectivity index (χ1) is 9.32. The van der Waals surface area contributed by atoms with E-state index in [1.54, 1.807) is 12.1 Å². The average molecular weight is 278 g/mol. The number of benzene rings is 1. The summed E-state index contributed by atoms with van der Waals surface area (Å²) in [7, 11) is 0. The maximum absolute atomic E-state index is 11.9. The van der Waals surface area contributed by atoms with Gasteiger partial charge in [-0.3, -0.25) is 9.59 Å². The van der Waals surface area contributed by atoms with Gasteiger partial charge in [-0.2, -0.15) is 0 Å². The molecule has 1 aromatic rings. The number of carbonyl (C=O) groups excluding carboxylic acids is 1. The van der Waals surface area contributed by atoms with Gasteiger partial charge in [0.25, 0.3) is 5.91 Å². The molecular formula is C15H22N2O3. The molecule has 0 saturated carbocycles. The number of carboxylic acids is 1. The van der Waals surface area contributed by atoms with Gasteiger partial charge in [-0.25, -0.2) is 0 Å². The predicted molar refractivity (Wildman–Crippen MR) is 79.1 cm³/mol. The summed E-state index contributed by atoms with van der Waals surface area (Å²) in [5.41, 5.74) is 2.21. The summed E-state index contributed by atoms with van der Waals surface area (Å²) < 4.78 is 0. The van der Waals surface area contributed by atoms with Gasteiger partial charge in [0.15, 0.2) is 0 Å². The Hall–Kier alpha value is -2.04. The molecule has 0 unspecified atom stereocenters. The van der Waals surface area contributed by atoms with E-state index in [-0.39, 0.29) is 18.5 Å². The van der Waals surface area contributed by atoms with Crippen LogP contribution in [0.2, 0.25) is 0 Å². The van der Waals surface area contributed by atoms with Crippen LogP contribution in [0.15, 0.2) is 18.2 Å². The van der Waals surface area contributed by atoms with Crippen LogP contribution < -0.4 is 10.6 Å². The van der Waals surface area contributed by atoms with E-state index in [0.717, 1.165) is 11.3 Å². The monoisotopic (exact) mass is 278 g/mol. The minimum Gasteiger partial charge on any atom is -0.480 e. The molecule has 0 aromatic heterocycles. The third kappa shape index (κ3) is 4.26. The van der Waals surface area contributed by atoms with Gasteiger partial charge in [0, 0.05) is 17.3 Å². The van der Waals surface area contributed by atoms with Gasteiger partial charge in [-0.1, -0.05) is 19.9 Å². The molecule has 1 atom stereocenters. The van der Waals surface area contributed by atoms with Crippen molar-refractivity contribution < 1.29 is 14.7 Å². The van der Waals surface area contributed by atoms with Crippen molar-refractivity contribution in [2.45, 2.75) is 33.7 Å². The van der Waals surface area contributed by atoms with E-state index in [1.807, 2.05) is 13.0 Å². The van der Waals surface area contributed by atoms with E-state index in [9.17, 15) is 9.59 Å². The molecule has 5 heteroatoms. The zero-order valence-corrected chi connectivity index (χ0v) is 12.4. The number of carbonyl (C=O) groups is 2. The number of nitrogens with one attached hydrogen (secondary N) is 2. The molecule has 0 aliphatic carbocycles. The highest BCUT2D eigenvalue weighted by Crippen LogP contribution is 2.21. The topological polar surface area (TPSA) is 78.4 Å². The van der Waals surface area contributed by atoms with Crippen molar-refractivity contribution in [3.8, 4) is 0 Å². The van der Waals surface area contributed by atoms with Gasteiger partial charge in [-0.05, 0) is 37.5 Å². The smallest absolute Gasteiger partial charge is 0.322 e. The van der Waals surface area contributed by atoms with Crippen molar-refractivity contribution in [1.29, 1.82) is 0 Å². The lowest BCUT2D eigenvalue weighted by atomic mass is 10.0. The Kier molecular flexibility index (Phi) is 5.55. The van der Waals surface area contributed by atoms with Gasteiger partial charge in [0.2, 0.25) is 0 Å². The molecule has 1 aromatic carbocycles. The highest BCUT2D eigenvalue weighted by atomic mass is 16.4. The maximum Gasteiger partial charge on any atom is 0.322 e. The quantitative estimate of drug-likeness (QED) is 0.746. The third-order valence-corrected chi connectivity index (χ3v) is 3.36. The number of anilines is 1. The summed E-state index contributed by atoms with van der Waals surface area (Å²) in [5, 5.41) is 14.3. The summed E-state index contributed by atoms with van der Waals surface area (Å²) in [4.78, 5) is 22.4. The number of amides is 1. The van der Waals surface area contributed by atoms with Crippen LogP contribution in [0.25, 0.3) is 0 Å². The van der Waals surface area contributed by atoms with E-state index in [2.05, 4.69) is 31.4 Å². The van der Waals surface area contributed by atoms with Crippen molar-refractivity contribution in [1.82, 2.24) is 5.32 Å². The number of carboxylic acid groups (broad SMARTS) is 1. The van der Waals surface area contributed by atoms with Crippen molar-refractivity contribution >= 4 is 17.6 Å². The Morgan fingerprint density at radius 1 is 1.25 bits per heavy atom. The first-order valence-electron chi connectivity index (χ1n) is 6.69. The Morgan fingerprint density at radius 2 is 1.90 bits per heavy atom. The fourth-order valence-corrected chi connectivity index (χ4v) is 1.70. The van der Waals surface area contributed by atoms with Gasteiger partial charge in [0.1, 0.15) is 6.54 Å². The van der Waals surface area contributed by atoms with Gasteiger partial charge in [-0.15, -0.1) is 0 Å². The Balaban J connectivity index is 2.89. The first-order valence-corrected chi connectivity index (χ1v) is 6.69. The van der Waals surface area contributed by atoms with Crippen LogP contribution in [0.1, 0.15) is 36.7 Å². The molecule has 5 nitrogen and oxygen atoms in total. The fourth-order valence-electron chi connectivity index (χ4n) is 1.70. The molecule has 1 rings (SSSR count). The second kappa shape index (κ2) is 6.93. The molecule has 0 saturated heterocycles. The highest BCUT2D eigenvalue weighted by molar-refractivity contribution is 5.98. The Morgan fingerprint density at radius 3 is 2.45 bits per heavy atom. The fraction of sp³-hybridized carbons (Fsp3) is 0.467. The van der Waals surface area contributed by atoms with E-state index in [4.69, 9.17) is 5.11 Å². The highest BCUT2D eigenvalue weighted by Gasteiger charge is 2.14. The standard InChI is InChI=1S/C15H22N2O3/c1-9(2)11(4)17-13-7-5-6-12(10(13)3)15(20)16-8-14(18)19/h5-7,9,11,17H,8H2,1-4H3,(H,16,20)(H,18,19)/t11-/m1/s1. The summed E-state index contributed by atoms with van der Waals surface area (Å²) >= 11 is 0. The molecule has 110 valence electrons. The lowest BCUT2D eigenvalue weighted by Crippen LogP contribution is -2.30. The first kappa shape index (κ1) is 16.0. The van der Waals surface area contributed by atoms with E-state index >= 15 is 0 Å². The van der Waals surface area contributed by atoms with E-state index in [0.29, 0.717) is 11.5 Å². The van der Waals surface area contributed by atoms with Crippen molar-refractivity contribution in [3.63, 3.8) is 0 Å². The van der Waals surface area contributed by atoms with Crippen molar-refractivity contribution in [3.05, 3.63) is 29.3 Å². The molecule has 0 aliphatic rings. The molecule has 0 radical (unpaired) electrons.